The van der Waals surface area contributed by atoms with Gasteiger partial charge in [0.15, 0.2) is 9.84 Å². The van der Waals surface area contributed by atoms with E-state index in [1.54, 1.807) is 12.1 Å². The molecule has 0 saturated carbocycles. The lowest BCUT2D eigenvalue weighted by atomic mass is 10.1. The first-order valence-electron chi connectivity index (χ1n) is 4.80. The van der Waals surface area contributed by atoms with Gasteiger partial charge in [-0.1, -0.05) is 30.3 Å². The third-order valence-electron chi connectivity index (χ3n) is 2.52. The fourth-order valence-corrected chi connectivity index (χ4v) is 2.90. The molecule has 2 aromatic rings. The summed E-state index contributed by atoms with van der Waals surface area (Å²) in [5.41, 5.74) is 0.949. The molecule has 84 valence electrons. The maximum Gasteiger partial charge on any atom is 0.176 e. The highest BCUT2D eigenvalue weighted by Crippen LogP contribution is 2.26. The minimum atomic E-state index is -3.20. The van der Waals surface area contributed by atoms with E-state index in [0.29, 0.717) is 10.8 Å². The number of benzene rings is 2. The van der Waals surface area contributed by atoms with Gasteiger partial charge in [0.25, 0.3) is 0 Å². The molecule has 16 heavy (non-hydrogen) atoms. The van der Waals surface area contributed by atoms with E-state index in [0.717, 1.165) is 16.3 Å². The summed E-state index contributed by atoms with van der Waals surface area (Å²) in [6, 6.07) is 10.8. The monoisotopic (exact) mass is 254 g/mol. The smallest absolute Gasteiger partial charge is 0.176 e. The SMILES string of the molecule is CS(=O)(=O)c1ccc(CCl)c2ccccc12. The van der Waals surface area contributed by atoms with Crippen LogP contribution in [-0.4, -0.2) is 14.7 Å². The van der Waals surface area contributed by atoms with Crippen molar-refractivity contribution >= 4 is 32.2 Å². The molecule has 2 nitrogen and oxygen atoms in total. The van der Waals surface area contributed by atoms with Crippen LogP contribution in [0.25, 0.3) is 10.8 Å². The van der Waals surface area contributed by atoms with Crippen LogP contribution in [0.5, 0.6) is 0 Å². The molecule has 0 heterocycles. The van der Waals surface area contributed by atoms with Gasteiger partial charge in [-0.3, -0.25) is 0 Å². The zero-order valence-electron chi connectivity index (χ0n) is 8.77. The summed E-state index contributed by atoms with van der Waals surface area (Å²) in [6.45, 7) is 0. The average molecular weight is 255 g/mol. The molecule has 0 aliphatic carbocycles. The van der Waals surface area contributed by atoms with Gasteiger partial charge >= 0.3 is 0 Å². The maximum atomic E-state index is 11.6. The van der Waals surface area contributed by atoms with Crippen molar-refractivity contribution in [3.8, 4) is 0 Å². The van der Waals surface area contributed by atoms with Gasteiger partial charge < -0.3 is 0 Å². The number of hydrogen-bond donors (Lipinski definition) is 0. The van der Waals surface area contributed by atoms with E-state index in [1.807, 2.05) is 24.3 Å². The molecule has 0 fully saturated rings. The molecule has 4 heteroatoms. The van der Waals surface area contributed by atoms with E-state index in [-0.39, 0.29) is 0 Å². The van der Waals surface area contributed by atoms with Gasteiger partial charge in [-0.05, 0) is 17.0 Å². The van der Waals surface area contributed by atoms with Gasteiger partial charge in [0.2, 0.25) is 0 Å². The van der Waals surface area contributed by atoms with Gasteiger partial charge in [0.1, 0.15) is 0 Å². The summed E-state index contributed by atoms with van der Waals surface area (Å²) in [5, 5.41) is 1.64. The molecule has 2 aromatic carbocycles. The molecule has 0 saturated heterocycles. The summed E-state index contributed by atoms with van der Waals surface area (Å²) in [5.74, 6) is 0.380. The second-order valence-corrected chi connectivity index (χ2v) is 5.93. The highest BCUT2D eigenvalue weighted by molar-refractivity contribution is 7.91. The van der Waals surface area contributed by atoms with Gasteiger partial charge in [0, 0.05) is 17.5 Å². The fourth-order valence-electron chi connectivity index (χ4n) is 1.77. The molecule has 0 bridgehead atoms. The van der Waals surface area contributed by atoms with Crippen molar-refractivity contribution in [1.82, 2.24) is 0 Å². The fraction of sp³-hybridized carbons (Fsp3) is 0.167. The Morgan fingerprint density at radius 3 is 2.25 bits per heavy atom. The minimum Gasteiger partial charge on any atom is -0.224 e. The van der Waals surface area contributed by atoms with Crippen LogP contribution >= 0.6 is 11.6 Å². The number of hydrogen-bond acceptors (Lipinski definition) is 2. The Bertz CT molecular complexity index is 633. The van der Waals surface area contributed by atoms with Gasteiger partial charge in [-0.15, -0.1) is 11.6 Å². The molecule has 0 aliphatic rings. The predicted molar refractivity (Wildman–Crippen MR) is 66.6 cm³/mol. The largest absolute Gasteiger partial charge is 0.224 e. The Hall–Kier alpha value is -1.06. The van der Waals surface area contributed by atoms with Crippen LogP contribution in [0.1, 0.15) is 5.56 Å². The summed E-state index contributed by atoms with van der Waals surface area (Å²) < 4.78 is 23.2. The summed E-state index contributed by atoms with van der Waals surface area (Å²) >= 11 is 5.82. The second kappa shape index (κ2) is 4.07. The van der Waals surface area contributed by atoms with Crippen LogP contribution in [0.15, 0.2) is 41.3 Å². The van der Waals surface area contributed by atoms with E-state index in [1.165, 1.54) is 6.26 Å². The summed E-state index contributed by atoms with van der Waals surface area (Å²) in [4.78, 5) is 0.358. The van der Waals surface area contributed by atoms with Crippen molar-refractivity contribution in [1.29, 1.82) is 0 Å². The van der Waals surface area contributed by atoms with Crippen molar-refractivity contribution in [3.05, 3.63) is 42.0 Å². The third kappa shape index (κ3) is 1.93. The molecule has 0 atom stereocenters. The van der Waals surface area contributed by atoms with E-state index in [4.69, 9.17) is 11.6 Å². The molecular weight excluding hydrogens is 244 g/mol. The lowest BCUT2D eigenvalue weighted by molar-refractivity contribution is 0.602. The molecule has 0 aromatic heterocycles. The molecule has 2 rings (SSSR count). The highest BCUT2D eigenvalue weighted by Gasteiger charge is 2.12. The number of sulfone groups is 1. The normalized spacial score (nSPS) is 11.9. The Balaban J connectivity index is 2.91. The van der Waals surface area contributed by atoms with Crippen LogP contribution in [0, 0.1) is 0 Å². The van der Waals surface area contributed by atoms with Crippen LogP contribution in [0.2, 0.25) is 0 Å². The van der Waals surface area contributed by atoms with Crippen molar-refractivity contribution in [2.75, 3.05) is 6.26 Å². The Labute approximate surface area is 99.8 Å². The Morgan fingerprint density at radius 2 is 1.69 bits per heavy atom. The van der Waals surface area contributed by atoms with Crippen LogP contribution < -0.4 is 0 Å². The van der Waals surface area contributed by atoms with Crippen LogP contribution in [0.4, 0.5) is 0 Å². The van der Waals surface area contributed by atoms with Crippen LogP contribution in [-0.2, 0) is 15.7 Å². The standard InChI is InChI=1S/C12H11ClO2S/c1-16(14,15)12-7-6-9(8-13)10-4-2-3-5-11(10)12/h2-7H,8H2,1H3. The van der Waals surface area contributed by atoms with E-state index in [9.17, 15) is 8.42 Å². The average Bonchev–Trinajstić information content (AvgIpc) is 2.26. The van der Waals surface area contributed by atoms with Gasteiger partial charge in [-0.2, -0.15) is 0 Å². The predicted octanol–water partition coefficient (Wildman–Crippen LogP) is 2.98. The summed E-state index contributed by atoms with van der Waals surface area (Å²) in [7, 11) is -3.20. The molecule has 0 radical (unpaired) electrons. The lowest BCUT2D eigenvalue weighted by Gasteiger charge is -2.07. The van der Waals surface area contributed by atoms with Crippen molar-refractivity contribution in [2.24, 2.45) is 0 Å². The van der Waals surface area contributed by atoms with Gasteiger partial charge in [-0.25, -0.2) is 8.42 Å². The number of alkyl halides is 1. The molecule has 0 amide bonds. The second-order valence-electron chi connectivity index (χ2n) is 3.67. The molecule has 0 spiro atoms. The minimum absolute atomic E-state index is 0.358. The van der Waals surface area contributed by atoms with Crippen LogP contribution in [0.3, 0.4) is 0 Å². The molecule has 0 unspecified atom stereocenters. The lowest BCUT2D eigenvalue weighted by Crippen LogP contribution is -1.99. The van der Waals surface area contributed by atoms with Crippen molar-refractivity contribution < 1.29 is 8.42 Å². The molecule has 0 aliphatic heterocycles. The zero-order chi connectivity index (χ0) is 11.8. The van der Waals surface area contributed by atoms with E-state index < -0.39 is 9.84 Å². The highest BCUT2D eigenvalue weighted by atomic mass is 35.5. The van der Waals surface area contributed by atoms with Gasteiger partial charge in [0.05, 0.1) is 4.90 Å². The van der Waals surface area contributed by atoms with E-state index >= 15 is 0 Å². The Kier molecular flexibility index (Phi) is 2.91. The topological polar surface area (TPSA) is 34.1 Å². The maximum absolute atomic E-state index is 11.6. The molecular formula is C12H11ClO2S. The first-order valence-corrected chi connectivity index (χ1v) is 7.23. The number of halogens is 1. The van der Waals surface area contributed by atoms with Crippen molar-refractivity contribution in [3.63, 3.8) is 0 Å². The number of fused-ring (bicyclic) bond motifs is 1. The van der Waals surface area contributed by atoms with E-state index in [2.05, 4.69) is 0 Å². The first kappa shape index (κ1) is 11.4. The summed E-state index contributed by atoms with van der Waals surface area (Å²) in [6.07, 6.45) is 1.22. The molecule has 0 N–H and O–H groups in total. The Morgan fingerprint density at radius 1 is 1.06 bits per heavy atom. The zero-order valence-corrected chi connectivity index (χ0v) is 10.3. The third-order valence-corrected chi connectivity index (χ3v) is 3.96. The number of rotatable bonds is 2. The van der Waals surface area contributed by atoms with Crippen molar-refractivity contribution in [2.45, 2.75) is 10.8 Å². The quantitative estimate of drug-likeness (QED) is 0.772. The first-order chi connectivity index (χ1) is 7.54.